The Morgan fingerprint density at radius 1 is 1.26 bits per heavy atom. The lowest BCUT2D eigenvalue weighted by atomic mass is 9.82. The summed E-state index contributed by atoms with van der Waals surface area (Å²) in [5.41, 5.74) is -0.982. The smallest absolute Gasteiger partial charge is 0.412 e. The molecule has 1 N–H and O–H groups in total. The largest absolute Gasteiger partial charge is 0.437 e. The molecule has 1 spiro atoms. The van der Waals surface area contributed by atoms with Crippen LogP contribution in [0.3, 0.4) is 0 Å². The van der Waals surface area contributed by atoms with Gasteiger partial charge in [-0.25, -0.2) is 9.18 Å². The monoisotopic (exact) mass is 322 g/mol. The number of carbonyl (C=O) groups is 1. The number of likely N-dealkylation sites (tertiary alicyclic amines) is 1. The van der Waals surface area contributed by atoms with Gasteiger partial charge in [-0.05, 0) is 31.0 Å². The maximum Gasteiger partial charge on any atom is 0.412 e. The summed E-state index contributed by atoms with van der Waals surface area (Å²) in [6.45, 7) is 4.04. The number of halogens is 1. The zero-order chi connectivity index (χ0) is 16.7. The van der Waals surface area contributed by atoms with E-state index in [4.69, 9.17) is 4.74 Å². The molecule has 1 aromatic rings. The van der Waals surface area contributed by atoms with E-state index in [1.165, 1.54) is 17.0 Å². The van der Waals surface area contributed by atoms with E-state index in [0.717, 1.165) is 31.6 Å². The number of carbonyl (C=O) groups excluding carboxylic acids is 1. The number of nitrogens with zero attached hydrogens (tertiary/aromatic N) is 2. The second-order valence-corrected chi connectivity index (χ2v) is 6.66. The standard InChI is InChI=1S/C17H23FN2O3/c1-16(22)17(23-15(21)19(16)2)8-11-20(12-9-17)10-7-13-3-5-14(18)6-4-13/h3-6,22H,7-12H2,1-2H3. The predicted octanol–water partition coefficient (Wildman–Crippen LogP) is 1.99. The molecule has 0 radical (unpaired) electrons. The normalized spacial score (nSPS) is 27.5. The third kappa shape index (κ3) is 2.81. The Kier molecular flexibility index (Phi) is 4.06. The molecule has 1 unspecified atom stereocenters. The summed E-state index contributed by atoms with van der Waals surface area (Å²) >= 11 is 0. The Morgan fingerprint density at radius 3 is 2.39 bits per heavy atom. The third-order valence-corrected chi connectivity index (χ3v) is 5.37. The van der Waals surface area contributed by atoms with E-state index in [1.54, 1.807) is 26.1 Å². The first-order valence-corrected chi connectivity index (χ1v) is 8.00. The van der Waals surface area contributed by atoms with Gasteiger partial charge in [-0.2, -0.15) is 0 Å². The Balaban J connectivity index is 1.56. The number of ether oxygens (including phenoxy) is 1. The minimum atomic E-state index is -1.27. The topological polar surface area (TPSA) is 53.0 Å². The summed E-state index contributed by atoms with van der Waals surface area (Å²) in [7, 11) is 1.57. The van der Waals surface area contributed by atoms with Crippen LogP contribution in [0.4, 0.5) is 9.18 Å². The van der Waals surface area contributed by atoms with E-state index in [2.05, 4.69) is 4.90 Å². The van der Waals surface area contributed by atoms with Gasteiger partial charge in [-0.15, -0.1) is 0 Å². The lowest BCUT2D eigenvalue weighted by molar-refractivity contribution is -0.160. The molecule has 6 heteroatoms. The van der Waals surface area contributed by atoms with Crippen molar-refractivity contribution in [2.24, 2.45) is 0 Å². The second-order valence-electron chi connectivity index (χ2n) is 6.66. The molecule has 0 aliphatic carbocycles. The number of piperidine rings is 1. The Bertz CT molecular complexity index is 580. The van der Waals surface area contributed by atoms with Crippen molar-refractivity contribution in [3.8, 4) is 0 Å². The molecule has 0 aromatic heterocycles. The fourth-order valence-electron chi connectivity index (χ4n) is 3.47. The van der Waals surface area contributed by atoms with Crippen LogP contribution >= 0.6 is 0 Å². The van der Waals surface area contributed by atoms with Crippen molar-refractivity contribution in [1.29, 1.82) is 0 Å². The molecule has 1 amide bonds. The molecule has 2 saturated heterocycles. The van der Waals surface area contributed by atoms with Crippen LogP contribution in [-0.4, -0.2) is 59.0 Å². The first-order chi connectivity index (χ1) is 10.8. The van der Waals surface area contributed by atoms with Gasteiger partial charge in [0.05, 0.1) is 0 Å². The Morgan fingerprint density at radius 2 is 1.87 bits per heavy atom. The average molecular weight is 322 g/mol. The number of benzene rings is 1. The van der Waals surface area contributed by atoms with Gasteiger partial charge in [0.2, 0.25) is 0 Å². The summed E-state index contributed by atoms with van der Waals surface area (Å²) in [6, 6.07) is 6.57. The molecule has 2 aliphatic rings. The maximum absolute atomic E-state index is 12.9. The van der Waals surface area contributed by atoms with Crippen molar-refractivity contribution >= 4 is 6.09 Å². The summed E-state index contributed by atoms with van der Waals surface area (Å²) in [5, 5.41) is 10.7. The summed E-state index contributed by atoms with van der Waals surface area (Å²) in [4.78, 5) is 15.3. The molecule has 3 rings (SSSR count). The first-order valence-electron chi connectivity index (χ1n) is 8.00. The number of amides is 1. The number of rotatable bonds is 3. The zero-order valence-electron chi connectivity index (χ0n) is 13.6. The minimum Gasteiger partial charge on any atom is -0.437 e. The Labute approximate surface area is 135 Å². The summed E-state index contributed by atoms with van der Waals surface area (Å²) in [5.74, 6) is -0.219. The average Bonchev–Trinajstić information content (AvgIpc) is 2.69. The summed E-state index contributed by atoms with van der Waals surface area (Å²) < 4.78 is 18.4. The zero-order valence-corrected chi connectivity index (χ0v) is 13.6. The molecule has 0 bridgehead atoms. The predicted molar refractivity (Wildman–Crippen MR) is 83.4 cm³/mol. The molecule has 2 aliphatic heterocycles. The van der Waals surface area contributed by atoms with Gasteiger partial charge in [0, 0.05) is 39.5 Å². The fourth-order valence-corrected chi connectivity index (χ4v) is 3.47. The van der Waals surface area contributed by atoms with E-state index < -0.39 is 17.4 Å². The highest BCUT2D eigenvalue weighted by Crippen LogP contribution is 2.43. The molecule has 23 heavy (non-hydrogen) atoms. The van der Waals surface area contributed by atoms with Crippen LogP contribution in [0.2, 0.25) is 0 Å². The molecule has 5 nitrogen and oxygen atoms in total. The molecular weight excluding hydrogens is 299 g/mol. The molecule has 2 heterocycles. The van der Waals surface area contributed by atoms with Crippen molar-refractivity contribution in [1.82, 2.24) is 9.80 Å². The molecule has 2 fully saturated rings. The lowest BCUT2D eigenvalue weighted by Gasteiger charge is -2.44. The van der Waals surface area contributed by atoms with Crippen LogP contribution in [0.5, 0.6) is 0 Å². The van der Waals surface area contributed by atoms with Gasteiger partial charge in [0.15, 0.2) is 11.3 Å². The van der Waals surface area contributed by atoms with Crippen molar-refractivity contribution in [2.75, 3.05) is 26.7 Å². The highest BCUT2D eigenvalue weighted by molar-refractivity contribution is 5.71. The van der Waals surface area contributed by atoms with E-state index in [1.807, 2.05) is 0 Å². The van der Waals surface area contributed by atoms with Crippen LogP contribution in [0.15, 0.2) is 24.3 Å². The maximum atomic E-state index is 12.9. The van der Waals surface area contributed by atoms with Gasteiger partial charge in [-0.3, -0.25) is 4.90 Å². The highest BCUT2D eigenvalue weighted by Gasteiger charge is 2.61. The molecular formula is C17H23FN2O3. The van der Waals surface area contributed by atoms with Crippen molar-refractivity contribution in [3.63, 3.8) is 0 Å². The molecule has 0 saturated carbocycles. The molecule has 1 aromatic carbocycles. The lowest BCUT2D eigenvalue weighted by Crippen LogP contribution is -2.59. The Hall–Kier alpha value is -1.66. The fraction of sp³-hybridized carbons (Fsp3) is 0.588. The summed E-state index contributed by atoms with van der Waals surface area (Å²) in [6.07, 6.45) is 1.61. The van der Waals surface area contributed by atoms with Crippen LogP contribution in [0.1, 0.15) is 25.3 Å². The van der Waals surface area contributed by atoms with Crippen molar-refractivity contribution < 1.29 is 19.0 Å². The molecule has 1 atom stereocenters. The highest BCUT2D eigenvalue weighted by atomic mass is 19.1. The van der Waals surface area contributed by atoms with Crippen LogP contribution in [0, 0.1) is 5.82 Å². The van der Waals surface area contributed by atoms with Gasteiger partial charge < -0.3 is 14.7 Å². The first kappa shape index (κ1) is 16.2. The number of hydrogen-bond acceptors (Lipinski definition) is 4. The van der Waals surface area contributed by atoms with Crippen molar-refractivity contribution in [2.45, 2.75) is 37.5 Å². The number of likely N-dealkylation sites (N-methyl/N-ethyl adjacent to an activating group) is 1. The molecule has 126 valence electrons. The van der Waals surface area contributed by atoms with Gasteiger partial charge in [0.25, 0.3) is 0 Å². The minimum absolute atomic E-state index is 0.219. The van der Waals surface area contributed by atoms with Gasteiger partial charge >= 0.3 is 6.09 Å². The van der Waals surface area contributed by atoms with E-state index in [0.29, 0.717) is 12.8 Å². The van der Waals surface area contributed by atoms with E-state index in [-0.39, 0.29) is 5.82 Å². The van der Waals surface area contributed by atoms with Crippen LogP contribution < -0.4 is 0 Å². The van der Waals surface area contributed by atoms with Crippen LogP contribution in [0.25, 0.3) is 0 Å². The third-order valence-electron chi connectivity index (χ3n) is 5.37. The quantitative estimate of drug-likeness (QED) is 0.925. The van der Waals surface area contributed by atoms with Gasteiger partial charge in [0.1, 0.15) is 5.82 Å². The SMILES string of the molecule is CN1C(=O)OC2(CCN(CCc3ccc(F)cc3)CC2)C1(C)O. The van der Waals surface area contributed by atoms with Crippen molar-refractivity contribution in [3.05, 3.63) is 35.6 Å². The van der Waals surface area contributed by atoms with E-state index >= 15 is 0 Å². The van der Waals surface area contributed by atoms with E-state index in [9.17, 15) is 14.3 Å². The second kappa shape index (κ2) is 5.76. The number of hydrogen-bond donors (Lipinski definition) is 1. The van der Waals surface area contributed by atoms with Crippen LogP contribution in [-0.2, 0) is 11.2 Å². The number of aliphatic hydroxyl groups is 1. The van der Waals surface area contributed by atoms with Gasteiger partial charge in [-0.1, -0.05) is 12.1 Å².